The fourth-order valence-corrected chi connectivity index (χ4v) is 6.01. The molecule has 192 valence electrons. The van der Waals surface area contributed by atoms with Crippen LogP contribution in [-0.4, -0.2) is 32.2 Å². The normalized spacial score (nSPS) is 14.1. The van der Waals surface area contributed by atoms with Crippen molar-refractivity contribution in [3.63, 3.8) is 0 Å². The number of primary amides is 1. The predicted molar refractivity (Wildman–Crippen MR) is 141 cm³/mol. The Kier molecular flexibility index (Phi) is 8.03. The largest absolute Gasteiger partial charge is 0.366 e. The second-order valence-electron chi connectivity index (χ2n) is 9.04. The summed E-state index contributed by atoms with van der Waals surface area (Å²) in [7, 11) is -4.43. The summed E-state index contributed by atoms with van der Waals surface area (Å²) in [5.41, 5.74) is 6.11. The first-order valence-corrected chi connectivity index (χ1v) is 13.6. The first-order chi connectivity index (χ1) is 17.8. The Hall–Kier alpha value is -3.98. The maximum absolute atomic E-state index is 13.9. The van der Waals surface area contributed by atoms with E-state index >= 15 is 0 Å². The minimum Gasteiger partial charge on any atom is -0.366 e. The lowest BCUT2D eigenvalue weighted by Crippen LogP contribution is -2.38. The highest BCUT2D eigenvalue weighted by atomic mass is 32.2. The predicted octanol–water partition coefficient (Wildman–Crippen LogP) is 3.81. The Morgan fingerprint density at radius 1 is 0.865 bits per heavy atom. The minimum absolute atomic E-state index is 0.0541. The van der Waals surface area contributed by atoms with E-state index in [1.165, 1.54) is 42.5 Å². The van der Waals surface area contributed by atoms with Crippen molar-refractivity contribution in [2.75, 3.05) is 4.31 Å². The standard InChI is InChI=1S/C28H29N3O5S/c29-27(33)25-17-16-24(18-21(25)19-26(32)30-22-12-6-2-7-13-22)37(35,36)31(23-14-8-3-9-15-23)28(34)20-10-4-1-5-11-20/h1,3-5,8-11,14-18,22H,2,6-7,12-13,19H2,(H2,29,33)(H,30,32). The maximum Gasteiger partial charge on any atom is 0.272 e. The Balaban J connectivity index is 1.71. The zero-order valence-electron chi connectivity index (χ0n) is 20.3. The van der Waals surface area contributed by atoms with Gasteiger partial charge in [-0.15, -0.1) is 0 Å². The van der Waals surface area contributed by atoms with E-state index in [9.17, 15) is 22.8 Å². The summed E-state index contributed by atoms with van der Waals surface area (Å²) in [6, 6.07) is 19.9. The Labute approximate surface area is 216 Å². The molecule has 0 aliphatic heterocycles. The van der Waals surface area contributed by atoms with Crippen LogP contribution in [0.5, 0.6) is 0 Å². The van der Waals surface area contributed by atoms with E-state index in [1.54, 1.807) is 36.4 Å². The van der Waals surface area contributed by atoms with E-state index in [4.69, 9.17) is 5.73 Å². The van der Waals surface area contributed by atoms with Crippen molar-refractivity contribution in [3.8, 4) is 0 Å². The van der Waals surface area contributed by atoms with Gasteiger partial charge < -0.3 is 11.1 Å². The molecule has 1 fully saturated rings. The van der Waals surface area contributed by atoms with Gasteiger partial charge in [0.15, 0.2) is 0 Å². The van der Waals surface area contributed by atoms with Crippen LogP contribution in [-0.2, 0) is 21.2 Å². The second kappa shape index (κ2) is 11.4. The zero-order valence-corrected chi connectivity index (χ0v) is 21.1. The van der Waals surface area contributed by atoms with E-state index in [1.807, 2.05) is 0 Å². The van der Waals surface area contributed by atoms with Gasteiger partial charge in [-0.1, -0.05) is 55.7 Å². The van der Waals surface area contributed by atoms with Crippen molar-refractivity contribution in [3.05, 3.63) is 95.6 Å². The third-order valence-electron chi connectivity index (χ3n) is 6.40. The monoisotopic (exact) mass is 519 g/mol. The first-order valence-electron chi connectivity index (χ1n) is 12.2. The van der Waals surface area contributed by atoms with Crippen molar-refractivity contribution in [1.82, 2.24) is 5.32 Å². The van der Waals surface area contributed by atoms with Crippen LogP contribution in [0.4, 0.5) is 5.69 Å². The molecule has 3 amide bonds. The van der Waals surface area contributed by atoms with Gasteiger partial charge in [0.25, 0.3) is 15.9 Å². The summed E-state index contributed by atoms with van der Waals surface area (Å²) in [4.78, 5) is 38.1. The number of hydrogen-bond donors (Lipinski definition) is 2. The summed E-state index contributed by atoms with van der Waals surface area (Å²) in [6.45, 7) is 0. The molecule has 37 heavy (non-hydrogen) atoms. The Morgan fingerprint density at radius 2 is 1.49 bits per heavy atom. The summed E-state index contributed by atoms with van der Waals surface area (Å²) in [6.07, 6.45) is 4.77. The smallest absolute Gasteiger partial charge is 0.272 e. The van der Waals surface area contributed by atoms with Crippen LogP contribution in [0.25, 0.3) is 0 Å². The lowest BCUT2D eigenvalue weighted by molar-refractivity contribution is -0.121. The lowest BCUT2D eigenvalue weighted by atomic mass is 9.95. The van der Waals surface area contributed by atoms with E-state index in [-0.39, 0.29) is 45.6 Å². The third-order valence-corrected chi connectivity index (χ3v) is 8.10. The number of anilines is 1. The van der Waals surface area contributed by atoms with E-state index in [0.29, 0.717) is 0 Å². The van der Waals surface area contributed by atoms with Crippen LogP contribution in [0.2, 0.25) is 0 Å². The Morgan fingerprint density at radius 3 is 2.11 bits per heavy atom. The van der Waals surface area contributed by atoms with E-state index in [0.717, 1.165) is 36.4 Å². The van der Waals surface area contributed by atoms with Crippen LogP contribution in [0, 0.1) is 0 Å². The van der Waals surface area contributed by atoms with Crippen LogP contribution in [0.1, 0.15) is 58.4 Å². The van der Waals surface area contributed by atoms with Gasteiger partial charge in [0.2, 0.25) is 11.8 Å². The van der Waals surface area contributed by atoms with Crippen molar-refractivity contribution >= 4 is 33.4 Å². The van der Waals surface area contributed by atoms with E-state index in [2.05, 4.69) is 5.32 Å². The summed E-state index contributed by atoms with van der Waals surface area (Å²) < 4.78 is 28.5. The van der Waals surface area contributed by atoms with E-state index < -0.39 is 21.8 Å². The molecule has 1 aliphatic rings. The molecule has 0 atom stereocenters. The third kappa shape index (κ3) is 6.06. The number of hydrogen-bond acceptors (Lipinski definition) is 5. The molecule has 0 radical (unpaired) electrons. The van der Waals surface area contributed by atoms with Gasteiger partial charge in [-0.3, -0.25) is 14.4 Å². The molecule has 0 spiro atoms. The van der Waals surface area contributed by atoms with Gasteiger partial charge in [0, 0.05) is 17.2 Å². The van der Waals surface area contributed by atoms with Crippen molar-refractivity contribution in [2.24, 2.45) is 5.73 Å². The van der Waals surface area contributed by atoms with Gasteiger partial charge in [-0.2, -0.15) is 4.31 Å². The lowest BCUT2D eigenvalue weighted by Gasteiger charge is -2.24. The summed E-state index contributed by atoms with van der Waals surface area (Å²) in [5.74, 6) is -1.82. The number of para-hydroxylation sites is 1. The second-order valence-corrected chi connectivity index (χ2v) is 10.8. The molecule has 3 aromatic rings. The highest BCUT2D eigenvalue weighted by Crippen LogP contribution is 2.28. The SMILES string of the molecule is NC(=O)c1ccc(S(=O)(=O)N(C(=O)c2ccccc2)c2ccccc2)cc1CC(=O)NC1CCCCC1. The average Bonchev–Trinajstić information content (AvgIpc) is 2.90. The topological polar surface area (TPSA) is 127 Å². The zero-order chi connectivity index (χ0) is 26.4. The molecule has 4 rings (SSSR count). The van der Waals surface area contributed by atoms with Crippen LogP contribution in [0.3, 0.4) is 0 Å². The van der Waals surface area contributed by atoms with Crippen molar-refractivity contribution in [2.45, 2.75) is 49.5 Å². The molecule has 3 aromatic carbocycles. The van der Waals surface area contributed by atoms with Crippen LogP contribution in [0.15, 0.2) is 83.8 Å². The van der Waals surface area contributed by atoms with Gasteiger partial charge in [-0.05, 0) is 60.9 Å². The maximum atomic E-state index is 13.9. The molecule has 1 saturated carbocycles. The number of amides is 3. The quantitative estimate of drug-likeness (QED) is 0.468. The Bertz CT molecular complexity index is 1390. The fraction of sp³-hybridized carbons (Fsp3) is 0.250. The highest BCUT2D eigenvalue weighted by molar-refractivity contribution is 7.93. The number of carbonyl (C=O) groups is 3. The molecule has 0 saturated heterocycles. The number of rotatable bonds is 8. The van der Waals surface area contributed by atoms with Crippen LogP contribution < -0.4 is 15.4 Å². The molecular formula is C28H29N3O5S. The van der Waals surface area contributed by atoms with Gasteiger partial charge in [0.1, 0.15) is 0 Å². The van der Waals surface area contributed by atoms with Gasteiger partial charge in [0.05, 0.1) is 17.0 Å². The number of nitrogens with two attached hydrogens (primary N) is 1. The average molecular weight is 520 g/mol. The van der Waals surface area contributed by atoms with Gasteiger partial charge >= 0.3 is 0 Å². The molecular weight excluding hydrogens is 490 g/mol. The fourth-order valence-electron chi connectivity index (χ4n) is 4.55. The molecule has 0 heterocycles. The number of nitrogens with zero attached hydrogens (tertiary/aromatic N) is 1. The number of benzene rings is 3. The number of carbonyl (C=O) groups excluding carboxylic acids is 3. The molecule has 8 nitrogen and oxygen atoms in total. The summed E-state index contributed by atoms with van der Waals surface area (Å²) >= 11 is 0. The number of nitrogens with one attached hydrogen (secondary N) is 1. The number of sulfonamides is 1. The summed E-state index contributed by atoms with van der Waals surface area (Å²) in [5, 5.41) is 2.98. The molecule has 3 N–H and O–H groups in total. The van der Waals surface area contributed by atoms with Crippen LogP contribution >= 0.6 is 0 Å². The first kappa shape index (κ1) is 26.1. The van der Waals surface area contributed by atoms with Crippen molar-refractivity contribution in [1.29, 1.82) is 0 Å². The molecule has 9 heteroatoms. The molecule has 0 aromatic heterocycles. The minimum atomic E-state index is -4.43. The molecule has 0 unspecified atom stereocenters. The molecule has 0 bridgehead atoms. The van der Waals surface area contributed by atoms with Crippen molar-refractivity contribution < 1.29 is 22.8 Å². The highest BCUT2D eigenvalue weighted by Gasteiger charge is 2.32. The molecule has 1 aliphatic carbocycles. The van der Waals surface area contributed by atoms with Gasteiger partial charge in [-0.25, -0.2) is 8.42 Å².